The summed E-state index contributed by atoms with van der Waals surface area (Å²) in [5, 5.41) is 0. The Morgan fingerprint density at radius 2 is 1.92 bits per heavy atom. The van der Waals surface area contributed by atoms with Crippen LogP contribution in [0.1, 0.15) is 52.0 Å². The minimum Gasteiger partial charge on any atom is -0.312 e. The van der Waals surface area contributed by atoms with Gasteiger partial charge in [-0.15, -0.1) is 0 Å². The van der Waals surface area contributed by atoms with Crippen molar-refractivity contribution in [3.63, 3.8) is 0 Å². The van der Waals surface area contributed by atoms with Gasteiger partial charge in [0.25, 0.3) is 0 Å². The van der Waals surface area contributed by atoms with Gasteiger partial charge in [0.15, 0.2) is 0 Å². The lowest BCUT2D eigenvalue weighted by Gasteiger charge is -2.29. The maximum atomic E-state index is 12.3. The van der Waals surface area contributed by atoms with Gasteiger partial charge in [0.1, 0.15) is 0 Å². The SMILES string of the molecule is CC(C)(C)C1CCN(CCc2ccccc2N2CCCCC2=O)C1. The molecule has 3 nitrogen and oxygen atoms in total. The summed E-state index contributed by atoms with van der Waals surface area (Å²) in [5.41, 5.74) is 2.88. The van der Waals surface area contributed by atoms with E-state index in [0.29, 0.717) is 17.7 Å². The number of carbonyl (C=O) groups is 1. The summed E-state index contributed by atoms with van der Waals surface area (Å²) in [4.78, 5) is 16.9. The third kappa shape index (κ3) is 4.00. The van der Waals surface area contributed by atoms with Crippen LogP contribution >= 0.6 is 0 Å². The molecule has 2 fully saturated rings. The molecule has 1 amide bonds. The van der Waals surface area contributed by atoms with Crippen LogP contribution in [0.3, 0.4) is 0 Å². The molecule has 1 aromatic rings. The van der Waals surface area contributed by atoms with Crippen LogP contribution in [0.25, 0.3) is 0 Å². The largest absolute Gasteiger partial charge is 0.312 e. The Hall–Kier alpha value is -1.35. The highest BCUT2D eigenvalue weighted by Gasteiger charge is 2.31. The molecular formula is C21H32N2O. The summed E-state index contributed by atoms with van der Waals surface area (Å²) >= 11 is 0. The smallest absolute Gasteiger partial charge is 0.226 e. The quantitative estimate of drug-likeness (QED) is 0.830. The van der Waals surface area contributed by atoms with E-state index in [-0.39, 0.29) is 0 Å². The maximum Gasteiger partial charge on any atom is 0.226 e. The zero-order valence-corrected chi connectivity index (χ0v) is 15.6. The number of hydrogen-bond donors (Lipinski definition) is 0. The number of piperidine rings is 1. The monoisotopic (exact) mass is 328 g/mol. The Labute approximate surface area is 147 Å². The van der Waals surface area contributed by atoms with Crippen LogP contribution in [0.2, 0.25) is 0 Å². The molecule has 24 heavy (non-hydrogen) atoms. The van der Waals surface area contributed by atoms with Gasteiger partial charge in [-0.3, -0.25) is 4.79 Å². The highest BCUT2D eigenvalue weighted by atomic mass is 16.2. The molecule has 2 heterocycles. The molecule has 2 aliphatic heterocycles. The summed E-state index contributed by atoms with van der Waals surface area (Å²) in [6, 6.07) is 8.50. The number of carbonyl (C=O) groups excluding carboxylic acids is 1. The van der Waals surface area contributed by atoms with Crippen molar-refractivity contribution in [3.8, 4) is 0 Å². The molecule has 0 aliphatic carbocycles. The van der Waals surface area contributed by atoms with Crippen molar-refractivity contribution in [2.75, 3.05) is 31.1 Å². The van der Waals surface area contributed by atoms with E-state index in [2.05, 4.69) is 49.9 Å². The van der Waals surface area contributed by atoms with E-state index >= 15 is 0 Å². The van der Waals surface area contributed by atoms with Crippen LogP contribution in [0, 0.1) is 11.3 Å². The van der Waals surface area contributed by atoms with E-state index in [0.717, 1.165) is 44.0 Å². The fraction of sp³-hybridized carbons (Fsp3) is 0.667. The highest BCUT2D eigenvalue weighted by Crippen LogP contribution is 2.34. The lowest BCUT2D eigenvalue weighted by atomic mass is 9.80. The van der Waals surface area contributed by atoms with E-state index < -0.39 is 0 Å². The van der Waals surface area contributed by atoms with Crippen LogP contribution in [0.5, 0.6) is 0 Å². The fourth-order valence-electron chi connectivity index (χ4n) is 4.07. The molecule has 3 rings (SSSR count). The first-order valence-electron chi connectivity index (χ1n) is 9.56. The lowest BCUT2D eigenvalue weighted by molar-refractivity contribution is -0.119. The van der Waals surface area contributed by atoms with Crippen molar-refractivity contribution in [3.05, 3.63) is 29.8 Å². The van der Waals surface area contributed by atoms with Gasteiger partial charge in [-0.25, -0.2) is 0 Å². The van der Waals surface area contributed by atoms with Crippen molar-refractivity contribution < 1.29 is 4.79 Å². The Morgan fingerprint density at radius 1 is 1.12 bits per heavy atom. The first-order valence-corrected chi connectivity index (χ1v) is 9.56. The Balaban J connectivity index is 1.63. The van der Waals surface area contributed by atoms with E-state index in [1.807, 2.05) is 4.90 Å². The molecule has 0 saturated carbocycles. The van der Waals surface area contributed by atoms with Gasteiger partial charge in [0.2, 0.25) is 5.91 Å². The van der Waals surface area contributed by atoms with E-state index in [1.54, 1.807) is 0 Å². The second kappa shape index (κ2) is 7.26. The van der Waals surface area contributed by atoms with Gasteiger partial charge in [0, 0.05) is 31.7 Å². The lowest BCUT2D eigenvalue weighted by Crippen LogP contribution is -2.36. The number of likely N-dealkylation sites (tertiary alicyclic amines) is 1. The van der Waals surface area contributed by atoms with Crippen LogP contribution in [-0.2, 0) is 11.2 Å². The Kier molecular flexibility index (Phi) is 5.29. The third-order valence-electron chi connectivity index (χ3n) is 5.80. The van der Waals surface area contributed by atoms with Gasteiger partial charge in [0.05, 0.1) is 0 Å². The molecule has 0 bridgehead atoms. The maximum absolute atomic E-state index is 12.3. The number of hydrogen-bond acceptors (Lipinski definition) is 2. The van der Waals surface area contributed by atoms with Gasteiger partial charge >= 0.3 is 0 Å². The number of amides is 1. The standard InChI is InChI=1S/C21H32N2O/c1-21(2,3)18-12-15-22(16-18)14-11-17-8-4-5-9-19(17)23-13-7-6-10-20(23)24/h4-5,8-9,18H,6-7,10-16H2,1-3H3. The molecular weight excluding hydrogens is 296 g/mol. The van der Waals surface area contributed by atoms with E-state index in [1.165, 1.54) is 25.1 Å². The number of anilines is 1. The average Bonchev–Trinajstić information content (AvgIpc) is 3.03. The Bertz CT molecular complexity index is 575. The van der Waals surface area contributed by atoms with Crippen LogP contribution in [0.4, 0.5) is 5.69 Å². The summed E-state index contributed by atoms with van der Waals surface area (Å²) in [7, 11) is 0. The predicted molar refractivity (Wildman–Crippen MR) is 100 cm³/mol. The van der Waals surface area contributed by atoms with E-state index in [4.69, 9.17) is 0 Å². The van der Waals surface area contributed by atoms with Crippen molar-refractivity contribution in [2.24, 2.45) is 11.3 Å². The minimum atomic E-state index is 0.294. The van der Waals surface area contributed by atoms with Crippen LogP contribution in [-0.4, -0.2) is 37.0 Å². The molecule has 1 unspecified atom stereocenters. The average molecular weight is 329 g/mol. The molecule has 1 aromatic carbocycles. The topological polar surface area (TPSA) is 23.6 Å². The summed E-state index contributed by atoms with van der Waals surface area (Å²) in [6.45, 7) is 11.5. The predicted octanol–water partition coefficient (Wildman–Crippen LogP) is 4.11. The zero-order chi connectivity index (χ0) is 17.2. The number of para-hydroxylation sites is 1. The minimum absolute atomic E-state index is 0.294. The number of rotatable bonds is 4. The first-order chi connectivity index (χ1) is 11.4. The normalized spacial score (nSPS) is 23.0. The first kappa shape index (κ1) is 17.5. The van der Waals surface area contributed by atoms with Gasteiger partial charge < -0.3 is 9.80 Å². The molecule has 3 heteroatoms. The highest BCUT2D eigenvalue weighted by molar-refractivity contribution is 5.94. The second-order valence-corrected chi connectivity index (χ2v) is 8.53. The van der Waals surface area contributed by atoms with Gasteiger partial charge in [-0.2, -0.15) is 0 Å². The van der Waals surface area contributed by atoms with Crippen LogP contribution in [0.15, 0.2) is 24.3 Å². The molecule has 0 aromatic heterocycles. The zero-order valence-electron chi connectivity index (χ0n) is 15.6. The molecule has 1 atom stereocenters. The van der Waals surface area contributed by atoms with Crippen molar-refractivity contribution in [2.45, 2.75) is 52.9 Å². The second-order valence-electron chi connectivity index (χ2n) is 8.53. The van der Waals surface area contributed by atoms with Crippen molar-refractivity contribution in [1.82, 2.24) is 4.90 Å². The van der Waals surface area contributed by atoms with Crippen LogP contribution < -0.4 is 4.90 Å². The van der Waals surface area contributed by atoms with Crippen molar-refractivity contribution >= 4 is 11.6 Å². The molecule has 0 N–H and O–H groups in total. The summed E-state index contributed by atoms with van der Waals surface area (Å²) in [5.74, 6) is 1.10. The molecule has 2 saturated heterocycles. The van der Waals surface area contributed by atoms with Crippen molar-refractivity contribution in [1.29, 1.82) is 0 Å². The van der Waals surface area contributed by atoms with Gasteiger partial charge in [-0.1, -0.05) is 39.0 Å². The fourth-order valence-corrected chi connectivity index (χ4v) is 4.07. The molecule has 2 aliphatic rings. The molecule has 132 valence electrons. The molecule has 0 radical (unpaired) electrons. The number of benzene rings is 1. The number of nitrogens with zero attached hydrogens (tertiary/aromatic N) is 2. The third-order valence-corrected chi connectivity index (χ3v) is 5.80. The summed E-state index contributed by atoms with van der Waals surface area (Å²) < 4.78 is 0. The molecule has 0 spiro atoms. The summed E-state index contributed by atoms with van der Waals surface area (Å²) in [6.07, 6.45) is 5.22. The van der Waals surface area contributed by atoms with Gasteiger partial charge in [-0.05, 0) is 55.2 Å². The van der Waals surface area contributed by atoms with E-state index in [9.17, 15) is 4.79 Å². The Morgan fingerprint density at radius 3 is 2.62 bits per heavy atom.